The Labute approximate surface area is 184 Å². The standard InChI is InChI=1S/C20H16ClF3NO4PS/c1-30(27,28)18(16-11-31-17-6-5-13(21)10-15(16)17)19(26)25-8-7-12-3-2-4-14(9-12)29-20(22,23)24/h2-11,18H,1H3,(H,25,26)(H,27,28). The van der Waals surface area contributed by atoms with Crippen molar-refractivity contribution >= 4 is 52.4 Å². The first-order valence-electron chi connectivity index (χ1n) is 8.73. The average molecular weight is 490 g/mol. The molecule has 1 heterocycles. The number of carbonyl (C=O) groups excluding carboxylic acids is 1. The van der Waals surface area contributed by atoms with Gasteiger partial charge in [-0.1, -0.05) is 23.7 Å². The zero-order chi connectivity index (χ0) is 22.8. The molecule has 0 radical (unpaired) electrons. The highest BCUT2D eigenvalue weighted by molar-refractivity contribution is 7.58. The van der Waals surface area contributed by atoms with Crippen molar-refractivity contribution in [3.05, 3.63) is 70.2 Å². The van der Waals surface area contributed by atoms with Crippen molar-refractivity contribution in [2.24, 2.45) is 0 Å². The Hall–Kier alpha value is -2.32. The number of hydrogen-bond donors (Lipinski definition) is 2. The van der Waals surface area contributed by atoms with Crippen molar-refractivity contribution < 1.29 is 32.2 Å². The van der Waals surface area contributed by atoms with Gasteiger partial charge in [0.25, 0.3) is 0 Å². The molecule has 0 aliphatic heterocycles. The minimum absolute atomic E-state index is 0.329. The smallest absolute Gasteiger partial charge is 0.406 e. The number of benzene rings is 2. The molecule has 0 aliphatic carbocycles. The van der Waals surface area contributed by atoms with E-state index in [4.69, 9.17) is 11.6 Å². The second-order valence-electron chi connectivity index (χ2n) is 6.64. The monoisotopic (exact) mass is 489 g/mol. The molecule has 0 aliphatic rings. The number of hydrogen-bond acceptors (Lipinski definition) is 4. The van der Waals surface area contributed by atoms with E-state index >= 15 is 0 Å². The fourth-order valence-electron chi connectivity index (χ4n) is 2.96. The SMILES string of the molecule is CP(=O)(O)C(C(=O)NC=Cc1cccc(OC(F)(F)F)c1)c1csc2ccc(Cl)cc12. The Bertz CT molecular complexity index is 1190. The summed E-state index contributed by atoms with van der Waals surface area (Å²) in [7, 11) is -3.91. The first-order chi connectivity index (χ1) is 14.4. The van der Waals surface area contributed by atoms with E-state index in [0.717, 1.165) is 23.5 Å². The number of ether oxygens (including phenoxy) is 1. The molecule has 0 fully saturated rings. The molecule has 3 rings (SSSR count). The molecule has 0 saturated carbocycles. The maximum absolute atomic E-state index is 12.8. The maximum Gasteiger partial charge on any atom is 0.573 e. The van der Waals surface area contributed by atoms with E-state index in [-0.39, 0.29) is 0 Å². The van der Waals surface area contributed by atoms with Crippen LogP contribution in [0.15, 0.2) is 54.0 Å². The second-order valence-corrected chi connectivity index (χ2v) is 10.4. The van der Waals surface area contributed by atoms with Gasteiger partial charge in [0, 0.05) is 22.6 Å². The summed E-state index contributed by atoms with van der Waals surface area (Å²) in [5.41, 5.74) is -0.637. The number of carbonyl (C=O) groups is 1. The molecule has 31 heavy (non-hydrogen) atoms. The molecule has 0 spiro atoms. The molecule has 2 atom stereocenters. The molecule has 0 bridgehead atoms. The number of amides is 1. The molecule has 0 saturated heterocycles. The lowest BCUT2D eigenvalue weighted by atomic mass is 10.1. The summed E-state index contributed by atoms with van der Waals surface area (Å²) < 4.78 is 54.2. The van der Waals surface area contributed by atoms with Gasteiger partial charge in [0.1, 0.15) is 11.4 Å². The van der Waals surface area contributed by atoms with Crippen molar-refractivity contribution in [2.45, 2.75) is 12.0 Å². The lowest BCUT2D eigenvalue weighted by molar-refractivity contribution is -0.274. The van der Waals surface area contributed by atoms with Crippen LogP contribution in [0, 0.1) is 0 Å². The minimum atomic E-state index is -4.82. The second kappa shape index (κ2) is 9.04. The third kappa shape index (κ3) is 6.11. The van der Waals surface area contributed by atoms with Gasteiger partial charge in [-0.25, -0.2) is 0 Å². The van der Waals surface area contributed by atoms with E-state index in [1.807, 2.05) is 0 Å². The molecule has 164 valence electrons. The van der Waals surface area contributed by atoms with Gasteiger partial charge in [-0.05, 0) is 58.3 Å². The van der Waals surface area contributed by atoms with Gasteiger partial charge >= 0.3 is 6.36 Å². The molecular weight excluding hydrogens is 474 g/mol. The van der Waals surface area contributed by atoms with Crippen LogP contribution in [0.4, 0.5) is 13.2 Å². The highest BCUT2D eigenvalue weighted by Crippen LogP contribution is 2.54. The van der Waals surface area contributed by atoms with E-state index in [9.17, 15) is 27.4 Å². The lowest BCUT2D eigenvalue weighted by Gasteiger charge is -2.18. The number of fused-ring (bicyclic) bond motifs is 1. The predicted molar refractivity (Wildman–Crippen MR) is 116 cm³/mol. The van der Waals surface area contributed by atoms with Crippen LogP contribution < -0.4 is 10.1 Å². The van der Waals surface area contributed by atoms with Gasteiger partial charge in [0.05, 0.1) is 0 Å². The molecule has 11 heteroatoms. The van der Waals surface area contributed by atoms with Gasteiger partial charge in [-0.15, -0.1) is 24.5 Å². The topological polar surface area (TPSA) is 75.6 Å². The van der Waals surface area contributed by atoms with E-state index < -0.39 is 31.0 Å². The summed E-state index contributed by atoms with van der Waals surface area (Å²) in [6.07, 6.45) is -2.28. The molecule has 5 nitrogen and oxygen atoms in total. The van der Waals surface area contributed by atoms with Gasteiger partial charge in [0.15, 0.2) is 0 Å². The highest BCUT2D eigenvalue weighted by Gasteiger charge is 2.36. The minimum Gasteiger partial charge on any atom is -0.406 e. The Kier molecular flexibility index (Phi) is 6.81. The molecule has 2 aromatic carbocycles. The van der Waals surface area contributed by atoms with Crippen LogP contribution >= 0.6 is 30.3 Å². The predicted octanol–water partition coefficient (Wildman–Crippen LogP) is 6.18. The average Bonchev–Trinajstić information content (AvgIpc) is 3.02. The van der Waals surface area contributed by atoms with Crippen LogP contribution in [0.25, 0.3) is 16.2 Å². The summed E-state index contributed by atoms with van der Waals surface area (Å²) in [4.78, 5) is 23.0. The lowest BCUT2D eigenvalue weighted by Crippen LogP contribution is -2.25. The van der Waals surface area contributed by atoms with Crippen LogP contribution in [-0.4, -0.2) is 23.8 Å². The molecule has 2 N–H and O–H groups in total. The normalized spacial score (nSPS) is 15.0. The molecule has 1 amide bonds. The Balaban J connectivity index is 1.82. The van der Waals surface area contributed by atoms with Crippen molar-refractivity contribution in [1.82, 2.24) is 5.32 Å². The zero-order valence-electron chi connectivity index (χ0n) is 15.9. The largest absolute Gasteiger partial charge is 0.573 e. The molecule has 3 aromatic rings. The molecule has 2 unspecified atom stereocenters. The van der Waals surface area contributed by atoms with Gasteiger partial charge in [-0.3, -0.25) is 9.36 Å². The summed E-state index contributed by atoms with van der Waals surface area (Å²) in [6.45, 7) is 1.09. The van der Waals surface area contributed by atoms with Crippen molar-refractivity contribution in [2.75, 3.05) is 6.66 Å². The quantitative estimate of drug-likeness (QED) is 0.405. The third-order valence-electron chi connectivity index (χ3n) is 4.18. The van der Waals surface area contributed by atoms with E-state index in [2.05, 4.69) is 10.1 Å². The molecule has 1 aromatic heterocycles. The Morgan fingerprint density at radius 3 is 2.71 bits per heavy atom. The fraction of sp³-hybridized carbons (Fsp3) is 0.150. The van der Waals surface area contributed by atoms with Gasteiger partial charge in [0.2, 0.25) is 13.3 Å². The number of thiophene rings is 1. The highest BCUT2D eigenvalue weighted by atomic mass is 35.5. The third-order valence-corrected chi connectivity index (χ3v) is 6.87. The zero-order valence-corrected chi connectivity index (χ0v) is 18.4. The Morgan fingerprint density at radius 2 is 2.03 bits per heavy atom. The first-order valence-corrected chi connectivity index (χ1v) is 12.2. The van der Waals surface area contributed by atoms with Crippen LogP contribution in [0.2, 0.25) is 5.02 Å². The Morgan fingerprint density at radius 1 is 1.29 bits per heavy atom. The van der Waals surface area contributed by atoms with E-state index in [1.165, 1.54) is 35.7 Å². The van der Waals surface area contributed by atoms with Crippen molar-refractivity contribution in [3.8, 4) is 5.75 Å². The summed E-state index contributed by atoms with van der Waals surface area (Å²) in [5, 5.41) is 5.10. The fourth-order valence-corrected chi connectivity index (χ4v) is 5.44. The number of nitrogens with one attached hydrogen (secondary N) is 1. The number of halogens is 4. The van der Waals surface area contributed by atoms with Crippen LogP contribution in [0.5, 0.6) is 5.75 Å². The van der Waals surface area contributed by atoms with Crippen LogP contribution in [-0.2, 0) is 9.36 Å². The maximum atomic E-state index is 12.8. The number of alkyl halides is 3. The van der Waals surface area contributed by atoms with Crippen LogP contribution in [0.3, 0.4) is 0 Å². The number of rotatable bonds is 6. The van der Waals surface area contributed by atoms with Gasteiger partial charge in [-0.2, -0.15) is 0 Å². The molecular formula is C20H16ClF3NO4PS. The first kappa shape index (κ1) is 23.3. The summed E-state index contributed by atoms with van der Waals surface area (Å²) >= 11 is 7.35. The van der Waals surface area contributed by atoms with Gasteiger partial charge < -0.3 is 14.9 Å². The van der Waals surface area contributed by atoms with E-state index in [0.29, 0.717) is 21.5 Å². The van der Waals surface area contributed by atoms with E-state index in [1.54, 1.807) is 23.6 Å². The van der Waals surface area contributed by atoms with Crippen LogP contribution in [0.1, 0.15) is 16.8 Å². The summed E-state index contributed by atoms with van der Waals surface area (Å²) in [6, 6.07) is 10.2. The van der Waals surface area contributed by atoms with Crippen molar-refractivity contribution in [3.63, 3.8) is 0 Å². The summed E-state index contributed by atoms with van der Waals surface area (Å²) in [5.74, 6) is -1.14. The van der Waals surface area contributed by atoms with Crippen molar-refractivity contribution in [1.29, 1.82) is 0 Å².